The first-order valence-electron chi connectivity index (χ1n) is 5.59. The molecular formula is C13H14N2O4. The number of carboxylic acid groups (broad SMARTS) is 1. The second kappa shape index (κ2) is 4.64. The lowest BCUT2D eigenvalue weighted by atomic mass is 10.0. The molecule has 0 fully saturated rings. The molecule has 0 aliphatic rings. The predicted octanol–water partition coefficient (Wildman–Crippen LogP) is 1.81. The molecule has 0 bridgehead atoms. The van der Waals surface area contributed by atoms with Crippen molar-refractivity contribution >= 4 is 5.97 Å². The number of phenols is 1. The number of hydrogen-bond acceptors (Lipinski definition) is 4. The van der Waals surface area contributed by atoms with Crippen LogP contribution in [-0.4, -0.2) is 33.1 Å². The number of aromatic hydroxyl groups is 1. The average Bonchev–Trinajstić information content (AvgIpc) is 2.70. The molecule has 0 radical (unpaired) electrons. The topological polar surface area (TPSA) is 84.6 Å². The molecule has 2 aromatic rings. The van der Waals surface area contributed by atoms with Crippen LogP contribution < -0.4 is 4.74 Å². The van der Waals surface area contributed by atoms with Gasteiger partial charge in [0.15, 0.2) is 5.69 Å². The maximum absolute atomic E-state index is 10.9. The van der Waals surface area contributed by atoms with Crippen LogP contribution in [-0.2, 0) is 7.05 Å². The molecular weight excluding hydrogens is 248 g/mol. The Morgan fingerprint density at radius 2 is 2.05 bits per heavy atom. The zero-order valence-electron chi connectivity index (χ0n) is 10.8. The van der Waals surface area contributed by atoms with E-state index in [-0.39, 0.29) is 11.4 Å². The first-order chi connectivity index (χ1) is 8.93. The highest BCUT2D eigenvalue weighted by Crippen LogP contribution is 2.36. The van der Waals surface area contributed by atoms with Crippen molar-refractivity contribution in [2.45, 2.75) is 6.92 Å². The summed E-state index contributed by atoms with van der Waals surface area (Å²) in [6.45, 7) is 1.81. The molecule has 2 rings (SSSR count). The Morgan fingerprint density at radius 3 is 2.58 bits per heavy atom. The van der Waals surface area contributed by atoms with Gasteiger partial charge in [0.1, 0.15) is 11.5 Å². The van der Waals surface area contributed by atoms with Gasteiger partial charge in [-0.25, -0.2) is 4.79 Å². The normalized spacial score (nSPS) is 10.5. The Bertz CT molecular complexity index is 646. The molecule has 0 aliphatic carbocycles. The van der Waals surface area contributed by atoms with E-state index >= 15 is 0 Å². The van der Waals surface area contributed by atoms with Crippen molar-refractivity contribution < 1.29 is 19.7 Å². The number of carbonyl (C=O) groups is 1. The van der Waals surface area contributed by atoms with E-state index in [9.17, 15) is 9.90 Å². The van der Waals surface area contributed by atoms with Crippen molar-refractivity contribution in [3.8, 4) is 22.8 Å². The second-order valence-electron chi connectivity index (χ2n) is 4.18. The van der Waals surface area contributed by atoms with Gasteiger partial charge in [-0.2, -0.15) is 5.10 Å². The zero-order valence-corrected chi connectivity index (χ0v) is 10.8. The Balaban J connectivity index is 2.68. The smallest absolute Gasteiger partial charge is 0.356 e. The molecule has 1 aromatic heterocycles. The largest absolute Gasteiger partial charge is 0.508 e. The molecule has 6 heteroatoms. The molecule has 6 nitrogen and oxygen atoms in total. The number of nitrogens with zero attached hydrogens (tertiary/aromatic N) is 2. The number of aryl methyl sites for hydroxylation is 2. The Kier molecular flexibility index (Phi) is 3.16. The van der Waals surface area contributed by atoms with Crippen LogP contribution in [0.15, 0.2) is 18.2 Å². The van der Waals surface area contributed by atoms with E-state index in [0.717, 1.165) is 5.56 Å². The summed E-state index contributed by atoms with van der Waals surface area (Å²) in [7, 11) is 3.15. The van der Waals surface area contributed by atoms with Gasteiger partial charge in [0, 0.05) is 18.7 Å². The summed E-state index contributed by atoms with van der Waals surface area (Å²) in [4.78, 5) is 10.9. The lowest BCUT2D eigenvalue weighted by molar-refractivity contribution is 0.0689. The van der Waals surface area contributed by atoms with Crippen molar-refractivity contribution in [1.29, 1.82) is 0 Å². The molecule has 0 unspecified atom stereocenters. The highest BCUT2D eigenvalue weighted by molar-refractivity contribution is 5.87. The first kappa shape index (κ1) is 12.9. The molecule has 0 aliphatic heterocycles. The average molecular weight is 262 g/mol. The molecule has 100 valence electrons. The van der Waals surface area contributed by atoms with E-state index in [1.54, 1.807) is 13.1 Å². The minimum Gasteiger partial charge on any atom is -0.508 e. The summed E-state index contributed by atoms with van der Waals surface area (Å²) in [5, 5.41) is 22.4. The Morgan fingerprint density at radius 1 is 1.37 bits per heavy atom. The van der Waals surface area contributed by atoms with Crippen molar-refractivity contribution in [3.63, 3.8) is 0 Å². The number of aromatic nitrogens is 2. The predicted molar refractivity (Wildman–Crippen MR) is 68.6 cm³/mol. The number of methoxy groups -OCH3 is 1. The fraction of sp³-hybridized carbons (Fsp3) is 0.231. The van der Waals surface area contributed by atoms with Crippen LogP contribution in [0.3, 0.4) is 0 Å². The van der Waals surface area contributed by atoms with Crippen molar-refractivity contribution in [1.82, 2.24) is 9.78 Å². The number of phenolic OH excluding ortho intramolecular Hbond substituents is 1. The van der Waals surface area contributed by atoms with Crippen LogP contribution in [0.2, 0.25) is 0 Å². The maximum atomic E-state index is 10.9. The summed E-state index contributed by atoms with van der Waals surface area (Å²) < 4.78 is 6.72. The Hall–Kier alpha value is -2.50. The van der Waals surface area contributed by atoms with Gasteiger partial charge in [-0.1, -0.05) is 0 Å². The highest BCUT2D eigenvalue weighted by atomic mass is 16.5. The van der Waals surface area contributed by atoms with Crippen LogP contribution in [0, 0.1) is 6.92 Å². The van der Waals surface area contributed by atoms with Crippen LogP contribution in [0.1, 0.15) is 16.1 Å². The van der Waals surface area contributed by atoms with Gasteiger partial charge < -0.3 is 14.9 Å². The molecule has 19 heavy (non-hydrogen) atoms. The van der Waals surface area contributed by atoms with E-state index in [1.165, 1.54) is 23.9 Å². The molecule has 0 saturated carbocycles. The van der Waals surface area contributed by atoms with E-state index in [0.29, 0.717) is 17.0 Å². The summed E-state index contributed by atoms with van der Waals surface area (Å²) in [5.41, 5.74) is 2.07. The lowest BCUT2D eigenvalue weighted by Crippen LogP contribution is -2.00. The van der Waals surface area contributed by atoms with Gasteiger partial charge >= 0.3 is 5.97 Å². The Labute approximate surface area is 109 Å². The van der Waals surface area contributed by atoms with Gasteiger partial charge in [-0.3, -0.25) is 4.68 Å². The second-order valence-corrected chi connectivity index (χ2v) is 4.18. The van der Waals surface area contributed by atoms with E-state index < -0.39 is 5.97 Å². The SMILES string of the molecule is COc1cc(O)cc(C)c1-c1cc(C(=O)O)nn1C. The van der Waals surface area contributed by atoms with Gasteiger partial charge in [-0.05, 0) is 24.6 Å². The van der Waals surface area contributed by atoms with Gasteiger partial charge in [-0.15, -0.1) is 0 Å². The molecule has 0 atom stereocenters. The minimum absolute atomic E-state index is 0.0352. The van der Waals surface area contributed by atoms with Gasteiger partial charge in [0.2, 0.25) is 0 Å². The molecule has 1 heterocycles. The van der Waals surface area contributed by atoms with Crippen molar-refractivity contribution in [3.05, 3.63) is 29.5 Å². The summed E-state index contributed by atoms with van der Waals surface area (Å²) in [5.74, 6) is -0.520. The number of hydrogen-bond donors (Lipinski definition) is 2. The van der Waals surface area contributed by atoms with Crippen molar-refractivity contribution in [2.75, 3.05) is 7.11 Å². The zero-order chi connectivity index (χ0) is 14.2. The third-order valence-electron chi connectivity index (χ3n) is 2.86. The highest BCUT2D eigenvalue weighted by Gasteiger charge is 2.18. The molecule has 1 aromatic carbocycles. The van der Waals surface area contributed by atoms with Crippen LogP contribution in [0.25, 0.3) is 11.3 Å². The first-order valence-corrected chi connectivity index (χ1v) is 5.59. The van der Waals surface area contributed by atoms with Crippen LogP contribution in [0.4, 0.5) is 0 Å². The van der Waals surface area contributed by atoms with E-state index in [4.69, 9.17) is 9.84 Å². The quantitative estimate of drug-likeness (QED) is 0.881. The number of benzene rings is 1. The number of rotatable bonds is 3. The van der Waals surface area contributed by atoms with Crippen molar-refractivity contribution in [2.24, 2.45) is 7.05 Å². The monoisotopic (exact) mass is 262 g/mol. The molecule has 0 saturated heterocycles. The number of aromatic carboxylic acids is 1. The fourth-order valence-corrected chi connectivity index (χ4v) is 2.03. The number of carboxylic acids is 1. The van der Waals surface area contributed by atoms with E-state index in [2.05, 4.69) is 5.10 Å². The molecule has 0 spiro atoms. The molecule has 0 amide bonds. The number of ether oxygens (including phenoxy) is 1. The molecule has 2 N–H and O–H groups in total. The maximum Gasteiger partial charge on any atom is 0.356 e. The van der Waals surface area contributed by atoms with Gasteiger partial charge in [0.25, 0.3) is 0 Å². The van der Waals surface area contributed by atoms with Crippen LogP contribution >= 0.6 is 0 Å². The van der Waals surface area contributed by atoms with Gasteiger partial charge in [0.05, 0.1) is 12.8 Å². The van der Waals surface area contributed by atoms with Crippen LogP contribution in [0.5, 0.6) is 11.5 Å². The third-order valence-corrected chi connectivity index (χ3v) is 2.86. The third kappa shape index (κ3) is 2.24. The fourth-order valence-electron chi connectivity index (χ4n) is 2.03. The summed E-state index contributed by atoms with van der Waals surface area (Å²) in [6.07, 6.45) is 0. The summed E-state index contributed by atoms with van der Waals surface area (Å²) >= 11 is 0. The standard InChI is InChI=1S/C13H14N2O4/c1-7-4-8(16)5-11(19-3)12(7)10-6-9(13(17)18)14-15(10)2/h4-6,16H,1-3H3,(H,17,18). The lowest BCUT2D eigenvalue weighted by Gasteiger charge is -2.12. The van der Waals surface area contributed by atoms with E-state index in [1.807, 2.05) is 6.92 Å². The summed E-state index contributed by atoms with van der Waals surface area (Å²) in [6, 6.07) is 4.55. The minimum atomic E-state index is -1.09.